The van der Waals surface area contributed by atoms with Crippen LogP contribution in [0.5, 0.6) is 0 Å². The number of carboxylic acids is 2. The summed E-state index contributed by atoms with van der Waals surface area (Å²) in [6, 6.07) is 0. The molecule has 0 aliphatic rings. The van der Waals surface area contributed by atoms with Crippen molar-refractivity contribution in [2.24, 2.45) is 5.92 Å². The molecule has 0 bridgehead atoms. The van der Waals surface area contributed by atoms with Crippen LogP contribution in [0.2, 0.25) is 0 Å². The third kappa shape index (κ3) is 21.3. The molecule has 1 atom stereocenters. The monoisotopic (exact) mass is 309 g/mol. The lowest BCUT2D eigenvalue weighted by Crippen LogP contribution is -2.13. The van der Waals surface area contributed by atoms with Gasteiger partial charge in [0.25, 0.3) is 0 Å². The van der Waals surface area contributed by atoms with E-state index in [-0.39, 0.29) is 31.7 Å². The van der Waals surface area contributed by atoms with E-state index in [0.29, 0.717) is 12.8 Å². The number of aliphatic carboxylic acids is 2. The van der Waals surface area contributed by atoms with Gasteiger partial charge >= 0.3 is 11.9 Å². The summed E-state index contributed by atoms with van der Waals surface area (Å²) in [5.74, 6) is -1.74. The van der Waals surface area contributed by atoms with Gasteiger partial charge in [-0.1, -0.05) is 32.6 Å². The molecule has 0 saturated heterocycles. The summed E-state index contributed by atoms with van der Waals surface area (Å²) in [4.78, 5) is 21.1. The van der Waals surface area contributed by atoms with Crippen molar-refractivity contribution in [2.45, 2.75) is 58.3 Å². The molecule has 21 heavy (non-hydrogen) atoms. The third-order valence-electron chi connectivity index (χ3n) is 2.80. The third-order valence-corrected chi connectivity index (χ3v) is 2.80. The Hall–Kier alpha value is -1.18. The summed E-state index contributed by atoms with van der Waals surface area (Å²) in [5, 5.41) is 32.6. The SMILES string of the molecule is CCCCC(CCCCCC(=O)O)C(=O)O.N.OCCO. The van der Waals surface area contributed by atoms with Crippen molar-refractivity contribution < 1.29 is 30.0 Å². The van der Waals surface area contributed by atoms with Gasteiger partial charge in [-0.15, -0.1) is 0 Å². The molecule has 7 nitrogen and oxygen atoms in total. The summed E-state index contributed by atoms with van der Waals surface area (Å²) in [7, 11) is 0. The minimum atomic E-state index is -0.777. The first kappa shape index (κ1) is 24.8. The Balaban J connectivity index is -0.000000572. The highest BCUT2D eigenvalue weighted by Gasteiger charge is 2.15. The molecule has 7 N–H and O–H groups in total. The van der Waals surface area contributed by atoms with Crippen molar-refractivity contribution >= 4 is 11.9 Å². The molecule has 1 unspecified atom stereocenters. The van der Waals surface area contributed by atoms with Crippen LogP contribution in [0.3, 0.4) is 0 Å². The Bertz CT molecular complexity index is 246. The van der Waals surface area contributed by atoms with E-state index >= 15 is 0 Å². The Kier molecular flexibility index (Phi) is 22.2. The molecular formula is C14H31NO6. The first-order chi connectivity index (χ1) is 9.49. The van der Waals surface area contributed by atoms with E-state index in [1.807, 2.05) is 6.92 Å². The lowest BCUT2D eigenvalue weighted by molar-refractivity contribution is -0.142. The van der Waals surface area contributed by atoms with Gasteiger partial charge in [0.05, 0.1) is 19.1 Å². The average molecular weight is 309 g/mol. The van der Waals surface area contributed by atoms with Crippen LogP contribution in [0, 0.1) is 5.92 Å². The number of hydrogen-bond donors (Lipinski definition) is 5. The highest BCUT2D eigenvalue weighted by molar-refractivity contribution is 5.69. The predicted molar refractivity (Wildman–Crippen MR) is 80.6 cm³/mol. The van der Waals surface area contributed by atoms with Gasteiger partial charge in [-0.3, -0.25) is 9.59 Å². The molecule has 0 aromatic rings. The molecule has 128 valence electrons. The maximum Gasteiger partial charge on any atom is 0.306 e. The van der Waals surface area contributed by atoms with Crippen molar-refractivity contribution in [3.8, 4) is 0 Å². The molecule has 0 aliphatic heterocycles. The van der Waals surface area contributed by atoms with E-state index in [9.17, 15) is 9.59 Å². The molecule has 0 aliphatic carbocycles. The quantitative estimate of drug-likeness (QED) is 0.366. The molecule has 0 spiro atoms. The topological polar surface area (TPSA) is 150 Å². The van der Waals surface area contributed by atoms with E-state index in [1.54, 1.807) is 0 Å². The molecule has 0 aromatic heterocycles. The second-order valence-electron chi connectivity index (χ2n) is 4.62. The molecule has 0 amide bonds. The van der Waals surface area contributed by atoms with E-state index in [2.05, 4.69) is 0 Å². The van der Waals surface area contributed by atoms with Gasteiger partial charge in [-0.2, -0.15) is 0 Å². The van der Waals surface area contributed by atoms with E-state index in [4.69, 9.17) is 20.4 Å². The van der Waals surface area contributed by atoms with Gasteiger partial charge in [0, 0.05) is 6.42 Å². The molecule has 7 heteroatoms. The van der Waals surface area contributed by atoms with Crippen LogP contribution >= 0.6 is 0 Å². The standard InChI is InChI=1S/C12H22O4.C2H6O2.H3N/c1-2-3-7-10(12(15)16)8-5-4-6-9-11(13)14;3-1-2-4;/h10H,2-9H2,1H3,(H,13,14)(H,15,16);3-4H,1-2H2;1H3. The number of rotatable bonds is 11. The summed E-state index contributed by atoms with van der Waals surface area (Å²) < 4.78 is 0. The second kappa shape index (κ2) is 18.8. The first-order valence-corrected chi connectivity index (χ1v) is 7.15. The van der Waals surface area contributed by atoms with Crippen LogP contribution in [0.15, 0.2) is 0 Å². The summed E-state index contributed by atoms with van der Waals surface area (Å²) in [6.07, 6.45) is 5.84. The van der Waals surface area contributed by atoms with E-state index in [1.165, 1.54) is 0 Å². The van der Waals surface area contributed by atoms with Crippen molar-refractivity contribution in [3.63, 3.8) is 0 Å². The fourth-order valence-electron chi connectivity index (χ4n) is 1.69. The lowest BCUT2D eigenvalue weighted by Gasteiger charge is -2.10. The van der Waals surface area contributed by atoms with Crippen LogP contribution < -0.4 is 6.15 Å². The number of unbranched alkanes of at least 4 members (excludes halogenated alkanes) is 3. The first-order valence-electron chi connectivity index (χ1n) is 7.15. The van der Waals surface area contributed by atoms with Crippen LogP contribution in [-0.2, 0) is 9.59 Å². The zero-order valence-electron chi connectivity index (χ0n) is 13.0. The van der Waals surface area contributed by atoms with Gasteiger partial charge in [-0.25, -0.2) is 0 Å². The van der Waals surface area contributed by atoms with Crippen molar-refractivity contribution in [2.75, 3.05) is 13.2 Å². The fraction of sp³-hybridized carbons (Fsp3) is 0.857. The normalized spacial score (nSPS) is 10.8. The fourth-order valence-corrected chi connectivity index (χ4v) is 1.69. The van der Waals surface area contributed by atoms with Gasteiger partial charge in [0.2, 0.25) is 0 Å². The van der Waals surface area contributed by atoms with Crippen molar-refractivity contribution in [1.82, 2.24) is 6.15 Å². The molecule has 0 heterocycles. The zero-order valence-corrected chi connectivity index (χ0v) is 13.0. The Labute approximate surface area is 126 Å². The molecule has 0 radical (unpaired) electrons. The lowest BCUT2D eigenvalue weighted by atomic mass is 9.95. The Morgan fingerprint density at radius 2 is 1.43 bits per heavy atom. The summed E-state index contributed by atoms with van der Waals surface area (Å²) >= 11 is 0. The minimum absolute atomic E-state index is 0. The average Bonchev–Trinajstić information content (AvgIpc) is 2.41. The van der Waals surface area contributed by atoms with E-state index in [0.717, 1.165) is 32.1 Å². The Morgan fingerprint density at radius 3 is 1.81 bits per heavy atom. The molecule has 0 aromatic carbocycles. The van der Waals surface area contributed by atoms with E-state index < -0.39 is 11.9 Å². The van der Waals surface area contributed by atoms with Gasteiger partial charge in [0.1, 0.15) is 0 Å². The molecular weight excluding hydrogens is 278 g/mol. The predicted octanol–water partition coefficient (Wildman–Crippen LogP) is 2.05. The highest BCUT2D eigenvalue weighted by atomic mass is 16.4. The number of carbonyl (C=O) groups is 2. The smallest absolute Gasteiger partial charge is 0.306 e. The van der Waals surface area contributed by atoms with Gasteiger partial charge in [-0.05, 0) is 19.3 Å². The second-order valence-corrected chi connectivity index (χ2v) is 4.62. The molecule has 0 saturated carbocycles. The highest BCUT2D eigenvalue weighted by Crippen LogP contribution is 2.17. The Morgan fingerprint density at radius 1 is 0.905 bits per heavy atom. The number of aliphatic hydroxyl groups excluding tert-OH is 2. The van der Waals surface area contributed by atoms with Crippen LogP contribution in [-0.4, -0.2) is 45.6 Å². The minimum Gasteiger partial charge on any atom is -0.481 e. The maximum atomic E-state index is 10.9. The number of hydrogen-bond acceptors (Lipinski definition) is 5. The number of aliphatic hydroxyl groups is 2. The van der Waals surface area contributed by atoms with Crippen molar-refractivity contribution in [3.05, 3.63) is 0 Å². The zero-order chi connectivity index (χ0) is 15.8. The largest absolute Gasteiger partial charge is 0.481 e. The van der Waals surface area contributed by atoms with Gasteiger partial charge in [0.15, 0.2) is 0 Å². The summed E-state index contributed by atoms with van der Waals surface area (Å²) in [5.41, 5.74) is 0. The van der Waals surface area contributed by atoms with Crippen LogP contribution in [0.1, 0.15) is 58.3 Å². The number of carboxylic acid groups (broad SMARTS) is 2. The molecule has 0 fully saturated rings. The van der Waals surface area contributed by atoms with Crippen molar-refractivity contribution in [1.29, 1.82) is 0 Å². The van der Waals surface area contributed by atoms with Crippen LogP contribution in [0.4, 0.5) is 0 Å². The van der Waals surface area contributed by atoms with Gasteiger partial charge < -0.3 is 26.6 Å². The maximum absolute atomic E-state index is 10.9. The van der Waals surface area contributed by atoms with Crippen LogP contribution in [0.25, 0.3) is 0 Å². The molecule has 0 rings (SSSR count). The summed E-state index contributed by atoms with van der Waals surface area (Å²) in [6.45, 7) is 1.80.